The fraction of sp³-hybridized carbons (Fsp3) is 0.304. The first kappa shape index (κ1) is 24.0. The number of rotatable bonds is 8. The molecule has 0 unspecified atom stereocenters. The van der Waals surface area contributed by atoms with Crippen molar-refractivity contribution >= 4 is 63.2 Å². The van der Waals surface area contributed by atoms with E-state index >= 15 is 0 Å². The van der Waals surface area contributed by atoms with Crippen LogP contribution in [0.5, 0.6) is 23.0 Å². The Morgan fingerprint density at radius 2 is 1.91 bits per heavy atom. The molecule has 0 atom stereocenters. The van der Waals surface area contributed by atoms with Gasteiger partial charge in [-0.1, -0.05) is 18.5 Å². The molecule has 0 aromatic heterocycles. The molecule has 4 rings (SSSR count). The van der Waals surface area contributed by atoms with Gasteiger partial charge in [0.1, 0.15) is 0 Å². The lowest BCUT2D eigenvalue weighted by atomic mass is 10.1. The van der Waals surface area contributed by atoms with Gasteiger partial charge in [-0.2, -0.15) is 0 Å². The number of ether oxygens (including phenoxy) is 4. The molecule has 33 heavy (non-hydrogen) atoms. The normalized spacial score (nSPS) is 16.1. The SMILES string of the molecule is CCCOc1c(I)cc(/C=C2\SC(=O)N(Cc3cc4c(cc3Cl)OCO4)C2=O)cc1OCC. The van der Waals surface area contributed by atoms with Crippen molar-refractivity contribution < 1.29 is 28.5 Å². The zero-order chi connectivity index (χ0) is 23.5. The summed E-state index contributed by atoms with van der Waals surface area (Å²) < 4.78 is 23.1. The number of benzene rings is 2. The predicted octanol–water partition coefficient (Wildman–Crippen LogP) is 6.10. The van der Waals surface area contributed by atoms with E-state index < -0.39 is 0 Å². The highest BCUT2D eigenvalue weighted by molar-refractivity contribution is 14.1. The number of amides is 2. The Labute approximate surface area is 214 Å². The molecule has 0 bridgehead atoms. The van der Waals surface area contributed by atoms with Crippen molar-refractivity contribution in [2.24, 2.45) is 0 Å². The number of hydrogen-bond donors (Lipinski definition) is 0. The van der Waals surface area contributed by atoms with Crippen LogP contribution in [0.4, 0.5) is 4.79 Å². The maximum absolute atomic E-state index is 13.0. The molecule has 2 amide bonds. The van der Waals surface area contributed by atoms with Gasteiger partial charge in [0.15, 0.2) is 23.0 Å². The third-order valence-electron chi connectivity index (χ3n) is 4.82. The summed E-state index contributed by atoms with van der Waals surface area (Å²) in [6, 6.07) is 7.05. The number of carbonyl (C=O) groups excluding carboxylic acids is 2. The molecule has 1 saturated heterocycles. The molecule has 7 nitrogen and oxygen atoms in total. The minimum atomic E-state index is -0.377. The highest BCUT2D eigenvalue weighted by Gasteiger charge is 2.36. The standard InChI is InChI=1S/C23H21ClINO6S/c1-3-5-30-21-16(25)6-13(7-19(21)29-4-2)8-20-22(27)26(23(28)33-20)11-14-9-17-18(10-15(14)24)32-12-31-17/h6-10H,3-5,11-12H2,1-2H3/b20-8-. The Kier molecular flexibility index (Phi) is 7.60. The van der Waals surface area contributed by atoms with Gasteiger partial charge in [0.05, 0.1) is 28.2 Å². The van der Waals surface area contributed by atoms with Crippen molar-refractivity contribution in [3.63, 3.8) is 0 Å². The summed E-state index contributed by atoms with van der Waals surface area (Å²) in [6.07, 6.45) is 2.57. The minimum Gasteiger partial charge on any atom is -0.490 e. The van der Waals surface area contributed by atoms with E-state index in [1.807, 2.05) is 26.0 Å². The van der Waals surface area contributed by atoms with Crippen molar-refractivity contribution in [2.45, 2.75) is 26.8 Å². The number of nitrogens with zero attached hydrogens (tertiary/aromatic N) is 1. The fourth-order valence-corrected chi connectivity index (χ4v) is 5.15. The van der Waals surface area contributed by atoms with E-state index in [1.54, 1.807) is 18.2 Å². The summed E-state index contributed by atoms with van der Waals surface area (Å²) in [4.78, 5) is 27.2. The maximum Gasteiger partial charge on any atom is 0.293 e. The van der Waals surface area contributed by atoms with Crippen LogP contribution in [-0.2, 0) is 11.3 Å². The summed E-state index contributed by atoms with van der Waals surface area (Å²) in [7, 11) is 0. The average molecular weight is 602 g/mol. The van der Waals surface area contributed by atoms with Crippen molar-refractivity contribution in [1.82, 2.24) is 4.90 Å². The van der Waals surface area contributed by atoms with Crippen LogP contribution in [0.25, 0.3) is 6.08 Å². The summed E-state index contributed by atoms with van der Waals surface area (Å²) >= 11 is 9.41. The van der Waals surface area contributed by atoms with Crippen LogP contribution in [-0.4, -0.2) is 36.1 Å². The highest BCUT2D eigenvalue weighted by atomic mass is 127. The van der Waals surface area contributed by atoms with Gasteiger partial charge in [0.2, 0.25) is 6.79 Å². The van der Waals surface area contributed by atoms with Crippen LogP contribution in [0.3, 0.4) is 0 Å². The lowest BCUT2D eigenvalue weighted by molar-refractivity contribution is -0.123. The number of carbonyl (C=O) groups is 2. The molecular formula is C23H21ClINO6S. The lowest BCUT2D eigenvalue weighted by Gasteiger charge is -2.15. The Bertz CT molecular complexity index is 1140. The molecule has 0 N–H and O–H groups in total. The minimum absolute atomic E-state index is 0.0446. The first-order chi connectivity index (χ1) is 15.9. The summed E-state index contributed by atoms with van der Waals surface area (Å²) in [5, 5.41) is 0.0449. The zero-order valence-corrected chi connectivity index (χ0v) is 21.7. The Balaban J connectivity index is 1.58. The molecule has 174 valence electrons. The molecule has 2 aromatic rings. The van der Waals surface area contributed by atoms with E-state index in [-0.39, 0.29) is 24.5 Å². The molecule has 2 heterocycles. The fourth-order valence-electron chi connectivity index (χ4n) is 3.32. The molecular weight excluding hydrogens is 581 g/mol. The van der Waals surface area contributed by atoms with E-state index in [4.69, 9.17) is 30.5 Å². The number of thioether (sulfide) groups is 1. The van der Waals surface area contributed by atoms with Crippen LogP contribution in [0.2, 0.25) is 5.02 Å². The van der Waals surface area contributed by atoms with E-state index in [0.717, 1.165) is 27.3 Å². The largest absolute Gasteiger partial charge is 0.490 e. The molecule has 0 radical (unpaired) electrons. The van der Waals surface area contributed by atoms with Gasteiger partial charge in [-0.15, -0.1) is 0 Å². The van der Waals surface area contributed by atoms with Crippen molar-refractivity contribution in [2.75, 3.05) is 20.0 Å². The van der Waals surface area contributed by atoms with E-state index in [1.165, 1.54) is 4.90 Å². The number of fused-ring (bicyclic) bond motifs is 1. The maximum atomic E-state index is 13.0. The smallest absolute Gasteiger partial charge is 0.293 e. The molecule has 0 spiro atoms. The van der Waals surface area contributed by atoms with E-state index in [2.05, 4.69) is 22.6 Å². The molecule has 2 aromatic carbocycles. The van der Waals surface area contributed by atoms with Crippen LogP contribution in [0.1, 0.15) is 31.4 Å². The van der Waals surface area contributed by atoms with Crippen LogP contribution in [0.15, 0.2) is 29.2 Å². The Morgan fingerprint density at radius 3 is 2.64 bits per heavy atom. The quantitative estimate of drug-likeness (QED) is 0.268. The number of imide groups is 1. The van der Waals surface area contributed by atoms with Gasteiger partial charge >= 0.3 is 0 Å². The molecule has 0 saturated carbocycles. The summed E-state index contributed by atoms with van der Waals surface area (Å²) in [5.41, 5.74) is 1.35. The van der Waals surface area contributed by atoms with Gasteiger partial charge in [-0.3, -0.25) is 14.5 Å². The van der Waals surface area contributed by atoms with Gasteiger partial charge in [-0.25, -0.2) is 0 Å². The lowest BCUT2D eigenvalue weighted by Crippen LogP contribution is -2.27. The summed E-state index contributed by atoms with van der Waals surface area (Å²) in [5.74, 6) is 2.00. The molecule has 10 heteroatoms. The molecule has 2 aliphatic rings. The van der Waals surface area contributed by atoms with Crippen molar-refractivity contribution in [3.8, 4) is 23.0 Å². The van der Waals surface area contributed by atoms with Gasteiger partial charge in [0, 0.05) is 11.1 Å². The Hall–Kier alpha value is -2.11. The second-order valence-electron chi connectivity index (χ2n) is 7.18. The number of hydrogen-bond acceptors (Lipinski definition) is 7. The monoisotopic (exact) mass is 601 g/mol. The van der Waals surface area contributed by atoms with Gasteiger partial charge < -0.3 is 18.9 Å². The van der Waals surface area contributed by atoms with E-state index in [0.29, 0.717) is 51.7 Å². The number of halogens is 2. The van der Waals surface area contributed by atoms with Gasteiger partial charge in [-0.05, 0) is 83.1 Å². The zero-order valence-electron chi connectivity index (χ0n) is 18.0. The molecule has 2 aliphatic heterocycles. The first-order valence-electron chi connectivity index (χ1n) is 10.3. The molecule has 0 aliphatic carbocycles. The average Bonchev–Trinajstić information content (AvgIpc) is 3.32. The highest BCUT2D eigenvalue weighted by Crippen LogP contribution is 2.40. The Morgan fingerprint density at radius 1 is 1.15 bits per heavy atom. The second-order valence-corrected chi connectivity index (χ2v) is 9.74. The predicted molar refractivity (Wildman–Crippen MR) is 135 cm³/mol. The summed E-state index contributed by atoms with van der Waals surface area (Å²) in [6.45, 7) is 5.16. The van der Waals surface area contributed by atoms with Crippen molar-refractivity contribution in [3.05, 3.63) is 48.9 Å². The van der Waals surface area contributed by atoms with Gasteiger partial charge in [0.25, 0.3) is 11.1 Å². The second kappa shape index (κ2) is 10.4. The van der Waals surface area contributed by atoms with E-state index in [9.17, 15) is 9.59 Å². The van der Waals surface area contributed by atoms with Crippen LogP contribution < -0.4 is 18.9 Å². The topological polar surface area (TPSA) is 74.3 Å². The van der Waals surface area contributed by atoms with Crippen molar-refractivity contribution in [1.29, 1.82) is 0 Å². The third-order valence-corrected chi connectivity index (χ3v) is 6.88. The van der Waals surface area contributed by atoms with Crippen LogP contribution >= 0.6 is 46.0 Å². The third kappa shape index (κ3) is 5.20. The molecule has 1 fully saturated rings. The van der Waals surface area contributed by atoms with Crippen LogP contribution in [0, 0.1) is 3.57 Å². The first-order valence-corrected chi connectivity index (χ1v) is 12.6.